The number of hydrogen-bond acceptors (Lipinski definition) is 21. The molecule has 0 spiro atoms. The molecular formula is C82H117N19O7. The van der Waals surface area contributed by atoms with Crippen LogP contribution in [0.25, 0.3) is 49.9 Å². The van der Waals surface area contributed by atoms with Gasteiger partial charge in [-0.25, -0.2) is 38.5 Å². The molecule has 4 atom stereocenters. The van der Waals surface area contributed by atoms with Crippen molar-refractivity contribution < 1.29 is 34.3 Å². The lowest BCUT2D eigenvalue weighted by Gasteiger charge is -2.32. The van der Waals surface area contributed by atoms with Crippen LogP contribution in [-0.2, 0) is 24.5 Å². The summed E-state index contributed by atoms with van der Waals surface area (Å²) in [5, 5.41) is 60.5. The Kier molecular flexibility index (Phi) is 24.7. The molecule has 12 heterocycles. The van der Waals surface area contributed by atoms with E-state index in [0.717, 1.165) is 190 Å². The first-order valence-electron chi connectivity index (χ1n) is 39.9. The Bertz CT molecular complexity index is 4270. The van der Waals surface area contributed by atoms with Crippen molar-refractivity contribution in [3.8, 4) is 33.4 Å². The molecule has 6 N–H and O–H groups in total. The maximum atomic E-state index is 13.4. The highest BCUT2D eigenvalue weighted by atomic mass is 16.5. The SMILES string of the molecule is COC[C@H](C)Nc1ncc2c(-c3ccnc(N4CCCCC4)c3)cc(C3CCC(C)(O)CC3)n2n1.COC[C@H](C)Nc1ncc2c(-c3ccnc(N4CCCCC4)c3)cc(C3CCC(C)(O)CC3)n2n1.COC[C@H](C)Nc1ncc2c(-c3cnn(C(C)(C)C(=O)N4CC[C@H](C)C4)c3)cc(C3CCC(O)CC3)n2n1. The second-order valence-corrected chi connectivity index (χ2v) is 32.9. The Balaban J connectivity index is 0.000000143. The molecule has 3 saturated carbocycles. The zero-order valence-corrected chi connectivity index (χ0v) is 65.6. The van der Waals surface area contributed by atoms with Crippen molar-refractivity contribution in [2.24, 2.45) is 5.92 Å². The van der Waals surface area contributed by atoms with Crippen LogP contribution >= 0.6 is 0 Å². The highest BCUT2D eigenvalue weighted by Gasteiger charge is 2.39. The number of piperidine rings is 2. The van der Waals surface area contributed by atoms with E-state index in [0.29, 0.717) is 61.3 Å². The number of nitrogens with zero attached hydrogens (tertiary/aromatic N) is 16. The number of aliphatic hydroxyl groups is 3. The summed E-state index contributed by atoms with van der Waals surface area (Å²) in [6, 6.07) is 15.6. The molecule has 6 aliphatic rings. The number of hydrogen-bond donors (Lipinski definition) is 6. The smallest absolute Gasteiger partial charge is 0.249 e. The highest BCUT2D eigenvalue weighted by molar-refractivity contribution is 5.86. The van der Waals surface area contributed by atoms with Crippen molar-refractivity contribution in [1.82, 2.24) is 68.4 Å². The average Bonchev–Trinajstić information content (AvgIpc) is 1.62. The molecule has 9 aromatic heterocycles. The van der Waals surface area contributed by atoms with Crippen LogP contribution in [0.4, 0.5) is 29.5 Å². The number of aliphatic hydroxyl groups excluding tert-OH is 1. The van der Waals surface area contributed by atoms with Gasteiger partial charge in [-0.15, -0.1) is 15.3 Å². The fourth-order valence-corrected chi connectivity index (χ4v) is 16.9. The van der Waals surface area contributed by atoms with Crippen molar-refractivity contribution >= 4 is 51.9 Å². The van der Waals surface area contributed by atoms with Gasteiger partial charge < -0.3 is 60.2 Å². The molecule has 108 heavy (non-hydrogen) atoms. The lowest BCUT2D eigenvalue weighted by atomic mass is 9.78. The highest BCUT2D eigenvalue weighted by Crippen LogP contribution is 2.44. The summed E-state index contributed by atoms with van der Waals surface area (Å²) >= 11 is 0. The summed E-state index contributed by atoms with van der Waals surface area (Å²) in [6.07, 6.45) is 32.0. The van der Waals surface area contributed by atoms with Crippen molar-refractivity contribution in [3.63, 3.8) is 0 Å². The van der Waals surface area contributed by atoms with Crippen LogP contribution < -0.4 is 25.8 Å². The predicted molar refractivity (Wildman–Crippen MR) is 424 cm³/mol. The van der Waals surface area contributed by atoms with E-state index >= 15 is 0 Å². The van der Waals surface area contributed by atoms with Crippen molar-refractivity contribution in [3.05, 3.63) is 103 Å². The van der Waals surface area contributed by atoms with E-state index in [-0.39, 0.29) is 30.1 Å². The lowest BCUT2D eigenvalue weighted by molar-refractivity contribution is -0.138. The van der Waals surface area contributed by atoms with E-state index in [1.165, 1.54) is 49.9 Å². The summed E-state index contributed by atoms with van der Waals surface area (Å²) in [5.41, 5.74) is 10.9. The van der Waals surface area contributed by atoms with Gasteiger partial charge in [-0.3, -0.25) is 9.48 Å². The molecular weight excluding hydrogens is 1360 g/mol. The number of rotatable bonds is 22. The third-order valence-corrected chi connectivity index (χ3v) is 23.3. The standard InChI is InChI=1S/C28H41N7O3.2C27H38N6O2/c1-18-10-11-33(15-18)26(37)28(3,4)34-16-21(13-30-34)23-12-24(20-6-8-22(36)9-7-20)35-25(23)14-29-27(32-35)31-19(2)17-38-5;2*1-19(18-35-3)30-26-29-17-24-22(21-9-12-28-25(15-21)32-13-5-4-6-14-32)16-23(33(24)31-26)20-7-10-27(2,34)11-8-20/h12-14,16,18-20,22,36H,6-11,15,17H2,1-5H3,(H,31,32);2*9,12,15-17,19-20,34H,4-8,10-11,13-14,18H2,1-3H3,(H,30,31)/t18-,19-,20?,22?;2*19-,20?,27?/m000/s1. The number of aromatic nitrogens is 13. The molecule has 9 aromatic rings. The molecule has 26 nitrogen and oxygen atoms in total. The number of likely N-dealkylation sites (tertiary alicyclic amines) is 1. The van der Waals surface area contributed by atoms with Gasteiger partial charge in [-0.05, 0) is 230 Å². The van der Waals surface area contributed by atoms with E-state index in [1.54, 1.807) is 26.0 Å². The molecule has 582 valence electrons. The number of amides is 1. The number of anilines is 5. The van der Waals surface area contributed by atoms with Crippen molar-refractivity contribution in [1.29, 1.82) is 0 Å². The zero-order valence-electron chi connectivity index (χ0n) is 65.6. The molecule has 26 heteroatoms. The minimum Gasteiger partial charge on any atom is -0.393 e. The quantitative estimate of drug-likeness (QED) is 0.0368. The number of carbonyl (C=O) groups is 1. The van der Waals surface area contributed by atoms with Crippen LogP contribution in [0.5, 0.6) is 0 Å². The Morgan fingerprint density at radius 3 is 1.30 bits per heavy atom. The van der Waals surface area contributed by atoms with Crippen LogP contribution in [-0.4, -0.2) is 206 Å². The number of nitrogens with one attached hydrogen (secondary N) is 3. The van der Waals surface area contributed by atoms with E-state index in [9.17, 15) is 20.1 Å². The maximum Gasteiger partial charge on any atom is 0.249 e. The van der Waals surface area contributed by atoms with Gasteiger partial charge in [0, 0.05) is 154 Å². The average molecular weight is 1480 g/mol. The third kappa shape index (κ3) is 18.2. The van der Waals surface area contributed by atoms with Crippen molar-refractivity contribution in [2.45, 2.75) is 236 Å². The molecule has 6 fully saturated rings. The first kappa shape index (κ1) is 77.7. The van der Waals surface area contributed by atoms with Crippen LogP contribution in [0.15, 0.2) is 85.8 Å². The largest absolute Gasteiger partial charge is 0.393 e. The predicted octanol–water partition coefficient (Wildman–Crippen LogP) is 12.9. The van der Waals surface area contributed by atoms with Gasteiger partial charge in [0.2, 0.25) is 23.8 Å². The second kappa shape index (κ2) is 34.2. The van der Waals surface area contributed by atoms with Crippen LogP contribution in [0, 0.1) is 5.92 Å². The lowest BCUT2D eigenvalue weighted by Crippen LogP contribution is -2.46. The Labute approximate surface area is 636 Å². The maximum absolute atomic E-state index is 13.4. The minimum atomic E-state index is -0.786. The number of methoxy groups -OCH3 is 3. The zero-order chi connectivity index (χ0) is 75.9. The van der Waals surface area contributed by atoms with Crippen molar-refractivity contribution in [2.75, 3.05) is 106 Å². The van der Waals surface area contributed by atoms with Crippen LogP contribution in [0.2, 0.25) is 0 Å². The fourth-order valence-electron chi connectivity index (χ4n) is 16.9. The van der Waals surface area contributed by atoms with Gasteiger partial charge in [0.25, 0.3) is 0 Å². The van der Waals surface area contributed by atoms with Gasteiger partial charge >= 0.3 is 0 Å². The molecule has 3 aliphatic heterocycles. The normalized spacial score (nSPS) is 23.7. The summed E-state index contributed by atoms with van der Waals surface area (Å²) in [7, 11) is 5.07. The van der Waals surface area contributed by atoms with Gasteiger partial charge in [-0.1, -0.05) is 6.92 Å². The molecule has 1 amide bonds. The molecule has 3 aliphatic carbocycles. The number of ether oxygens (including phenoxy) is 3. The van der Waals surface area contributed by atoms with Crippen LogP contribution in [0.1, 0.15) is 212 Å². The summed E-state index contributed by atoms with van der Waals surface area (Å²) < 4.78 is 23.7. The van der Waals surface area contributed by atoms with Gasteiger partial charge in [0.15, 0.2) is 0 Å². The monoisotopic (exact) mass is 1480 g/mol. The van der Waals surface area contributed by atoms with Gasteiger partial charge in [-0.2, -0.15) is 5.10 Å². The number of pyridine rings is 2. The Hall–Kier alpha value is -8.40. The molecule has 0 aromatic carbocycles. The van der Waals surface area contributed by atoms with E-state index in [2.05, 4.69) is 128 Å². The van der Waals surface area contributed by atoms with Crippen LogP contribution in [0.3, 0.4) is 0 Å². The summed E-state index contributed by atoms with van der Waals surface area (Å²) in [4.78, 5) is 43.4. The molecule has 0 radical (unpaired) electrons. The molecule has 15 rings (SSSR count). The number of carbonyl (C=O) groups excluding carboxylic acids is 1. The minimum absolute atomic E-state index is 0.0670. The fraction of sp³-hybridized carbons (Fsp3) is 0.610. The Morgan fingerprint density at radius 2 is 0.917 bits per heavy atom. The Morgan fingerprint density at radius 1 is 0.528 bits per heavy atom. The van der Waals surface area contributed by atoms with Gasteiger partial charge in [0.05, 0.1) is 78.5 Å². The summed E-state index contributed by atoms with van der Waals surface area (Å²) in [6.45, 7) is 23.7. The van der Waals surface area contributed by atoms with Gasteiger partial charge in [0.1, 0.15) is 17.2 Å². The topological polar surface area (TPSA) is 285 Å². The van der Waals surface area contributed by atoms with E-state index in [4.69, 9.17) is 29.5 Å². The first-order chi connectivity index (χ1) is 52.0. The second-order valence-electron chi connectivity index (χ2n) is 32.9. The van der Waals surface area contributed by atoms with E-state index < -0.39 is 16.7 Å². The third-order valence-electron chi connectivity index (χ3n) is 23.3. The number of fused-ring (bicyclic) bond motifs is 3. The summed E-state index contributed by atoms with van der Waals surface area (Å²) in [5.74, 6) is 5.45. The molecule has 3 saturated heterocycles. The molecule has 0 unspecified atom stereocenters. The van der Waals surface area contributed by atoms with E-state index in [1.807, 2.05) is 87.4 Å². The molecule has 0 bridgehead atoms. The first-order valence-corrected chi connectivity index (χ1v) is 39.9.